The number of thioether (sulfide) groups is 1. The van der Waals surface area contributed by atoms with Gasteiger partial charge in [0.2, 0.25) is 0 Å². The van der Waals surface area contributed by atoms with Crippen molar-refractivity contribution < 1.29 is 0 Å². The van der Waals surface area contributed by atoms with Gasteiger partial charge in [0.05, 0.1) is 0 Å². The third-order valence-corrected chi connectivity index (χ3v) is 3.47. The Morgan fingerprint density at radius 2 is 1.93 bits per heavy atom. The molecule has 0 atom stereocenters. The molecule has 0 spiro atoms. The summed E-state index contributed by atoms with van der Waals surface area (Å²) >= 11 is 2.00. The minimum atomic E-state index is 0.639. The van der Waals surface area contributed by atoms with Crippen LogP contribution in [0.1, 0.15) is 45.1 Å². The summed E-state index contributed by atoms with van der Waals surface area (Å²) in [5, 5.41) is 0. The standard InChI is InChI=1S/C13H20S/c1-4-5-10-14-13-9-7-6-8-12(13)11(2)3/h6-9,11H,4-5,10H2,1-3H3. The predicted octanol–water partition coefficient (Wildman–Crippen LogP) is 4.70. The average molecular weight is 208 g/mol. The van der Waals surface area contributed by atoms with Crippen LogP contribution in [0, 0.1) is 0 Å². The summed E-state index contributed by atoms with van der Waals surface area (Å²) in [5.41, 5.74) is 1.49. The number of unbranched alkanes of at least 4 members (excludes halogenated alkanes) is 1. The summed E-state index contributed by atoms with van der Waals surface area (Å²) in [6.45, 7) is 6.77. The van der Waals surface area contributed by atoms with E-state index in [2.05, 4.69) is 45.0 Å². The first-order valence-electron chi connectivity index (χ1n) is 5.47. The van der Waals surface area contributed by atoms with E-state index in [1.54, 1.807) is 0 Å². The van der Waals surface area contributed by atoms with E-state index >= 15 is 0 Å². The fraction of sp³-hybridized carbons (Fsp3) is 0.538. The first kappa shape index (κ1) is 11.6. The van der Waals surface area contributed by atoms with Crippen LogP contribution in [0.2, 0.25) is 0 Å². The Labute approximate surface area is 92.1 Å². The molecule has 0 aliphatic carbocycles. The van der Waals surface area contributed by atoms with E-state index in [0.717, 1.165) is 0 Å². The molecule has 0 saturated carbocycles. The van der Waals surface area contributed by atoms with Crippen molar-refractivity contribution in [3.63, 3.8) is 0 Å². The fourth-order valence-electron chi connectivity index (χ4n) is 1.42. The molecule has 1 heteroatoms. The molecule has 1 rings (SSSR count). The lowest BCUT2D eigenvalue weighted by molar-refractivity contribution is 0.840. The minimum absolute atomic E-state index is 0.639. The molecule has 0 heterocycles. The van der Waals surface area contributed by atoms with Crippen molar-refractivity contribution in [2.75, 3.05) is 5.75 Å². The van der Waals surface area contributed by atoms with E-state index < -0.39 is 0 Å². The van der Waals surface area contributed by atoms with E-state index in [4.69, 9.17) is 0 Å². The van der Waals surface area contributed by atoms with Crippen molar-refractivity contribution in [1.29, 1.82) is 0 Å². The van der Waals surface area contributed by atoms with E-state index in [9.17, 15) is 0 Å². The van der Waals surface area contributed by atoms with Gasteiger partial charge in [0.25, 0.3) is 0 Å². The maximum absolute atomic E-state index is 2.26. The van der Waals surface area contributed by atoms with Crippen LogP contribution in [-0.2, 0) is 0 Å². The van der Waals surface area contributed by atoms with Gasteiger partial charge in [0.15, 0.2) is 0 Å². The van der Waals surface area contributed by atoms with Crippen molar-refractivity contribution in [3.8, 4) is 0 Å². The number of hydrogen-bond acceptors (Lipinski definition) is 1. The van der Waals surface area contributed by atoms with Gasteiger partial charge in [-0.2, -0.15) is 0 Å². The lowest BCUT2D eigenvalue weighted by atomic mass is 10.0. The molecule has 0 N–H and O–H groups in total. The molecule has 0 bridgehead atoms. The SMILES string of the molecule is CCCCSc1ccccc1C(C)C. The van der Waals surface area contributed by atoms with Crippen LogP contribution in [0.5, 0.6) is 0 Å². The van der Waals surface area contributed by atoms with E-state index in [0.29, 0.717) is 5.92 Å². The fourth-order valence-corrected chi connectivity index (χ4v) is 2.71. The number of hydrogen-bond donors (Lipinski definition) is 0. The number of benzene rings is 1. The molecule has 1 aromatic rings. The Bertz CT molecular complexity index is 266. The molecule has 0 unspecified atom stereocenters. The zero-order valence-electron chi connectivity index (χ0n) is 9.42. The molecule has 0 aliphatic heterocycles. The zero-order valence-corrected chi connectivity index (χ0v) is 10.2. The Balaban J connectivity index is 2.64. The van der Waals surface area contributed by atoms with Gasteiger partial charge < -0.3 is 0 Å². The van der Waals surface area contributed by atoms with Gasteiger partial charge in [0.1, 0.15) is 0 Å². The molecule has 0 amide bonds. The molecule has 0 aromatic heterocycles. The molecule has 1 aromatic carbocycles. The Kier molecular flexibility index (Phi) is 5.10. The van der Waals surface area contributed by atoms with Gasteiger partial charge in [-0.15, -0.1) is 11.8 Å². The largest absolute Gasteiger partial charge is 0.126 e. The Morgan fingerprint density at radius 1 is 1.21 bits per heavy atom. The normalized spacial score (nSPS) is 10.9. The van der Waals surface area contributed by atoms with Crippen LogP contribution >= 0.6 is 11.8 Å². The van der Waals surface area contributed by atoms with Crippen LogP contribution in [0.4, 0.5) is 0 Å². The highest BCUT2D eigenvalue weighted by Gasteiger charge is 2.05. The van der Waals surface area contributed by atoms with Crippen LogP contribution in [0.3, 0.4) is 0 Å². The third kappa shape index (κ3) is 3.38. The van der Waals surface area contributed by atoms with Crippen molar-refractivity contribution in [1.82, 2.24) is 0 Å². The highest BCUT2D eigenvalue weighted by atomic mass is 32.2. The topological polar surface area (TPSA) is 0 Å². The lowest BCUT2D eigenvalue weighted by Gasteiger charge is -2.11. The van der Waals surface area contributed by atoms with Crippen molar-refractivity contribution >= 4 is 11.8 Å². The highest BCUT2D eigenvalue weighted by Crippen LogP contribution is 2.28. The predicted molar refractivity (Wildman–Crippen MR) is 66.2 cm³/mol. The molecule has 0 fully saturated rings. The lowest BCUT2D eigenvalue weighted by Crippen LogP contribution is -1.91. The molecular weight excluding hydrogens is 188 g/mol. The second-order valence-electron chi connectivity index (χ2n) is 3.89. The molecule has 0 nitrogen and oxygen atoms in total. The second kappa shape index (κ2) is 6.13. The maximum atomic E-state index is 2.26. The van der Waals surface area contributed by atoms with Crippen LogP contribution in [0.15, 0.2) is 29.2 Å². The monoisotopic (exact) mass is 208 g/mol. The van der Waals surface area contributed by atoms with E-state index in [1.165, 1.54) is 29.1 Å². The first-order chi connectivity index (χ1) is 6.75. The van der Waals surface area contributed by atoms with Crippen molar-refractivity contribution in [2.45, 2.75) is 44.4 Å². The molecule has 0 saturated heterocycles. The summed E-state index contributed by atoms with van der Waals surface area (Å²) in [4.78, 5) is 1.47. The van der Waals surface area contributed by atoms with E-state index in [1.807, 2.05) is 11.8 Å². The van der Waals surface area contributed by atoms with Gasteiger partial charge in [-0.1, -0.05) is 45.4 Å². The minimum Gasteiger partial charge on any atom is -0.126 e. The quantitative estimate of drug-likeness (QED) is 0.499. The van der Waals surface area contributed by atoms with Gasteiger partial charge >= 0.3 is 0 Å². The van der Waals surface area contributed by atoms with Crippen molar-refractivity contribution in [3.05, 3.63) is 29.8 Å². The van der Waals surface area contributed by atoms with Gasteiger partial charge in [-0.3, -0.25) is 0 Å². The van der Waals surface area contributed by atoms with Gasteiger partial charge in [-0.05, 0) is 29.7 Å². The van der Waals surface area contributed by atoms with Crippen LogP contribution < -0.4 is 0 Å². The summed E-state index contributed by atoms with van der Waals surface area (Å²) in [5.74, 6) is 1.89. The average Bonchev–Trinajstić information content (AvgIpc) is 2.19. The summed E-state index contributed by atoms with van der Waals surface area (Å²) < 4.78 is 0. The Morgan fingerprint density at radius 3 is 2.57 bits per heavy atom. The second-order valence-corrected chi connectivity index (χ2v) is 5.03. The summed E-state index contributed by atoms with van der Waals surface area (Å²) in [6, 6.07) is 8.77. The summed E-state index contributed by atoms with van der Waals surface area (Å²) in [7, 11) is 0. The van der Waals surface area contributed by atoms with E-state index in [-0.39, 0.29) is 0 Å². The smallest absolute Gasteiger partial charge is 0.0107 e. The third-order valence-electron chi connectivity index (χ3n) is 2.30. The van der Waals surface area contributed by atoms with Crippen molar-refractivity contribution in [2.24, 2.45) is 0 Å². The molecule has 14 heavy (non-hydrogen) atoms. The van der Waals surface area contributed by atoms with Gasteiger partial charge in [-0.25, -0.2) is 0 Å². The van der Waals surface area contributed by atoms with Crippen LogP contribution in [-0.4, -0.2) is 5.75 Å². The van der Waals surface area contributed by atoms with Crippen LogP contribution in [0.25, 0.3) is 0 Å². The maximum Gasteiger partial charge on any atom is 0.0107 e. The first-order valence-corrected chi connectivity index (χ1v) is 6.46. The summed E-state index contributed by atoms with van der Waals surface area (Å²) in [6.07, 6.45) is 2.61. The molecular formula is C13H20S. The number of rotatable bonds is 5. The molecule has 0 aliphatic rings. The molecule has 78 valence electrons. The highest BCUT2D eigenvalue weighted by molar-refractivity contribution is 7.99. The zero-order chi connectivity index (χ0) is 10.4. The molecule has 0 radical (unpaired) electrons. The Hall–Kier alpha value is -0.430. The van der Waals surface area contributed by atoms with Gasteiger partial charge in [0, 0.05) is 4.90 Å².